The normalized spacial score (nSPS) is 29.0. The highest BCUT2D eigenvalue weighted by atomic mass is 32.2. The van der Waals surface area contributed by atoms with E-state index in [-0.39, 0.29) is 5.75 Å². The fourth-order valence-electron chi connectivity index (χ4n) is 3.17. The van der Waals surface area contributed by atoms with E-state index in [1.165, 1.54) is 0 Å². The summed E-state index contributed by atoms with van der Waals surface area (Å²) in [4.78, 5) is 2.29. The molecule has 3 aliphatic heterocycles. The second-order valence-electron chi connectivity index (χ2n) is 7.17. The van der Waals surface area contributed by atoms with Crippen molar-refractivity contribution in [3.05, 3.63) is 0 Å². The van der Waals surface area contributed by atoms with Gasteiger partial charge < -0.3 is 22.3 Å². The minimum Gasteiger partial charge on any atom is -0.748 e. The van der Waals surface area contributed by atoms with Crippen LogP contribution in [0.4, 0.5) is 0 Å². The first-order valence-electron chi connectivity index (χ1n) is 8.60. The highest BCUT2D eigenvalue weighted by molar-refractivity contribution is 7.85. The third kappa shape index (κ3) is 7.04. The third-order valence-electron chi connectivity index (χ3n) is 4.59. The molecule has 2 bridgehead atoms. The van der Waals surface area contributed by atoms with Gasteiger partial charge in [-0.15, -0.1) is 0 Å². The molecule has 3 aliphatic rings. The van der Waals surface area contributed by atoms with E-state index in [0.717, 1.165) is 38.6 Å². The van der Waals surface area contributed by atoms with Crippen molar-refractivity contribution in [2.75, 3.05) is 72.4 Å². The molecule has 0 saturated carbocycles. The molecule has 0 amide bonds. The lowest BCUT2D eigenvalue weighted by molar-refractivity contribution is -0.890. The van der Waals surface area contributed by atoms with Crippen LogP contribution >= 0.6 is 0 Å². The Labute approximate surface area is 146 Å². The molecular formula is C14H30N2O6SSi. The first-order chi connectivity index (χ1) is 11.2. The quantitative estimate of drug-likeness (QED) is 0.324. The van der Waals surface area contributed by atoms with Crippen molar-refractivity contribution < 1.29 is 30.7 Å². The molecule has 0 atom stereocenters. The van der Waals surface area contributed by atoms with Gasteiger partial charge in [-0.05, 0) is 0 Å². The lowest BCUT2D eigenvalue weighted by Crippen LogP contribution is -2.55. The fraction of sp³-hybridized carbons (Fsp3) is 1.00. The predicted molar refractivity (Wildman–Crippen MR) is 90.5 cm³/mol. The molecule has 3 rings (SSSR count). The molecule has 0 aromatic rings. The Hall–Kier alpha value is -0.0731. The van der Waals surface area contributed by atoms with Gasteiger partial charge in [0.2, 0.25) is 0 Å². The van der Waals surface area contributed by atoms with E-state index >= 15 is 0 Å². The minimum absolute atomic E-state index is 0.292. The van der Waals surface area contributed by atoms with Crippen LogP contribution in [0.15, 0.2) is 0 Å². The molecular weight excluding hydrogens is 352 g/mol. The summed E-state index contributed by atoms with van der Waals surface area (Å²) < 4.78 is 50.8. The highest BCUT2D eigenvalue weighted by Crippen LogP contribution is 2.22. The maximum atomic E-state index is 10.7. The number of nitrogens with zero attached hydrogens (tertiary/aromatic N) is 2. The van der Waals surface area contributed by atoms with Crippen LogP contribution in [0.3, 0.4) is 0 Å². The molecule has 8 nitrogen and oxygen atoms in total. The van der Waals surface area contributed by atoms with Crippen LogP contribution in [0.1, 0.15) is 12.8 Å². The molecule has 0 aliphatic carbocycles. The van der Waals surface area contributed by atoms with Crippen LogP contribution in [0.5, 0.6) is 0 Å². The van der Waals surface area contributed by atoms with Gasteiger partial charge in [0.25, 0.3) is 0 Å². The zero-order valence-corrected chi connectivity index (χ0v) is 16.6. The summed E-state index contributed by atoms with van der Waals surface area (Å²) in [5, 5.41) is 0. The lowest BCUT2D eigenvalue weighted by Gasteiger charge is -2.38. The maximum Gasteiger partial charge on any atom is 0.501 e. The Morgan fingerprint density at radius 2 is 1.50 bits per heavy atom. The molecule has 0 N–H and O–H groups in total. The van der Waals surface area contributed by atoms with E-state index < -0.39 is 18.9 Å². The van der Waals surface area contributed by atoms with E-state index in [2.05, 4.69) is 4.90 Å². The number of hydrogen-bond donors (Lipinski definition) is 0. The van der Waals surface area contributed by atoms with Crippen LogP contribution in [-0.2, 0) is 23.4 Å². The summed E-state index contributed by atoms with van der Waals surface area (Å²) >= 11 is 0. The van der Waals surface area contributed by atoms with Gasteiger partial charge in [0.1, 0.15) is 0 Å². The molecule has 10 heteroatoms. The monoisotopic (exact) mass is 382 g/mol. The standard InChI is InChI=1S/C14H30N2O6SSi/c1-16(2,8-3-13-23(17,18)19)9-4-14-24-20-10-5-15(6-11-21-24)7-12-22-24/h3-14H2,1-2H3. The van der Waals surface area contributed by atoms with Gasteiger partial charge in [0.15, 0.2) is 0 Å². The Balaban J connectivity index is 1.78. The molecule has 0 radical (unpaired) electrons. The van der Waals surface area contributed by atoms with Crippen molar-refractivity contribution in [2.45, 2.75) is 18.9 Å². The summed E-state index contributed by atoms with van der Waals surface area (Å²) in [6, 6.07) is 0.786. The molecule has 0 aromatic heterocycles. The van der Waals surface area contributed by atoms with Gasteiger partial charge in [0.05, 0.1) is 57.1 Å². The third-order valence-corrected chi connectivity index (χ3v) is 8.28. The van der Waals surface area contributed by atoms with E-state index in [1.807, 2.05) is 14.1 Å². The van der Waals surface area contributed by atoms with E-state index in [0.29, 0.717) is 37.3 Å². The molecule has 3 heterocycles. The number of hydrogen-bond acceptors (Lipinski definition) is 7. The molecule has 3 fully saturated rings. The first-order valence-corrected chi connectivity index (χ1v) is 12.1. The van der Waals surface area contributed by atoms with E-state index in [4.69, 9.17) is 13.3 Å². The minimum atomic E-state index is -4.12. The van der Waals surface area contributed by atoms with Gasteiger partial charge in [-0.3, -0.25) is 4.90 Å². The maximum absolute atomic E-state index is 10.7. The fourth-order valence-corrected chi connectivity index (χ4v) is 6.14. The smallest absolute Gasteiger partial charge is 0.501 e. The molecule has 3 saturated heterocycles. The molecule has 24 heavy (non-hydrogen) atoms. The summed E-state index contributed by atoms with van der Waals surface area (Å²) in [7, 11) is -2.59. The van der Waals surface area contributed by atoms with Gasteiger partial charge in [-0.25, -0.2) is 8.42 Å². The topological polar surface area (TPSA) is 88.1 Å². The number of quaternary nitrogens is 1. The average molecular weight is 383 g/mol. The highest BCUT2D eigenvalue weighted by Gasteiger charge is 2.43. The zero-order valence-electron chi connectivity index (χ0n) is 14.7. The van der Waals surface area contributed by atoms with Gasteiger partial charge in [-0.2, -0.15) is 0 Å². The summed E-state index contributed by atoms with van der Waals surface area (Å²) in [6.45, 7) is 6.32. The molecule has 0 unspecified atom stereocenters. The Morgan fingerprint density at radius 1 is 1.00 bits per heavy atom. The second kappa shape index (κ2) is 8.54. The van der Waals surface area contributed by atoms with Crippen molar-refractivity contribution in [3.8, 4) is 0 Å². The molecule has 142 valence electrons. The summed E-state index contributed by atoms with van der Waals surface area (Å²) in [6.07, 6.45) is 1.29. The van der Waals surface area contributed by atoms with Gasteiger partial charge in [-0.1, -0.05) is 0 Å². The van der Waals surface area contributed by atoms with Crippen LogP contribution < -0.4 is 0 Å². The lowest BCUT2D eigenvalue weighted by atomic mass is 10.3. The second-order valence-corrected chi connectivity index (χ2v) is 11.4. The van der Waals surface area contributed by atoms with Crippen molar-refractivity contribution in [1.29, 1.82) is 0 Å². The Bertz CT molecular complexity index is 475. The SMILES string of the molecule is C[N+](C)(CCC[Si]12OCCN(CCO1)CCO2)CCCS(=O)(=O)[O-]. The first kappa shape index (κ1) is 20.2. The van der Waals surface area contributed by atoms with E-state index in [9.17, 15) is 13.0 Å². The van der Waals surface area contributed by atoms with Crippen molar-refractivity contribution in [3.63, 3.8) is 0 Å². The Kier molecular flexibility index (Phi) is 7.20. The van der Waals surface area contributed by atoms with Crippen LogP contribution in [0.25, 0.3) is 0 Å². The largest absolute Gasteiger partial charge is 0.748 e. The summed E-state index contributed by atoms with van der Waals surface area (Å²) in [5.41, 5.74) is 0. The van der Waals surface area contributed by atoms with Crippen LogP contribution in [0.2, 0.25) is 6.04 Å². The van der Waals surface area contributed by atoms with Crippen LogP contribution in [-0.4, -0.2) is 104 Å². The van der Waals surface area contributed by atoms with Crippen molar-refractivity contribution in [2.24, 2.45) is 0 Å². The van der Waals surface area contributed by atoms with Gasteiger partial charge >= 0.3 is 8.80 Å². The van der Waals surface area contributed by atoms with Crippen molar-refractivity contribution in [1.82, 2.24) is 4.90 Å². The van der Waals surface area contributed by atoms with E-state index in [1.54, 1.807) is 0 Å². The zero-order chi connectivity index (χ0) is 17.7. The number of rotatable bonds is 8. The average Bonchev–Trinajstić information content (AvgIpc) is 2.37. The predicted octanol–water partition coefficient (Wildman–Crippen LogP) is -0.294. The summed E-state index contributed by atoms with van der Waals surface area (Å²) in [5.74, 6) is -0.292. The molecule has 0 aromatic carbocycles. The number of fused-ring (bicyclic) bond motifs is 6. The molecule has 0 spiro atoms. The van der Waals surface area contributed by atoms with Crippen molar-refractivity contribution >= 4 is 18.9 Å². The van der Waals surface area contributed by atoms with Crippen LogP contribution in [0, 0.1) is 0 Å². The Morgan fingerprint density at radius 3 is 2.00 bits per heavy atom. The van der Waals surface area contributed by atoms with Gasteiger partial charge in [0, 0.05) is 44.3 Å².